The van der Waals surface area contributed by atoms with Crippen LogP contribution in [0.15, 0.2) is 12.3 Å². The van der Waals surface area contributed by atoms with E-state index in [0.29, 0.717) is 24.7 Å². The van der Waals surface area contributed by atoms with Gasteiger partial charge in [-0.15, -0.1) is 11.6 Å². The van der Waals surface area contributed by atoms with E-state index in [0.717, 1.165) is 11.3 Å². The molecule has 2 heterocycles. The topological polar surface area (TPSA) is 42.4 Å². The number of rotatable bonds is 3. The molecule has 5 heteroatoms. The van der Waals surface area contributed by atoms with Crippen molar-refractivity contribution < 1.29 is 9.53 Å². The first-order valence-electron chi connectivity index (χ1n) is 5.52. The van der Waals surface area contributed by atoms with Crippen LogP contribution in [0, 0.1) is 12.8 Å². The summed E-state index contributed by atoms with van der Waals surface area (Å²) in [5, 5.41) is 0. The van der Waals surface area contributed by atoms with E-state index < -0.39 is 0 Å². The van der Waals surface area contributed by atoms with Crippen LogP contribution in [0.2, 0.25) is 0 Å². The number of aromatic nitrogens is 1. The van der Waals surface area contributed by atoms with Crippen LogP contribution in [0.3, 0.4) is 0 Å². The van der Waals surface area contributed by atoms with E-state index in [2.05, 4.69) is 4.98 Å². The number of hydrogen-bond donors (Lipinski definition) is 0. The third-order valence-corrected chi connectivity index (χ3v) is 3.38. The second-order valence-corrected chi connectivity index (χ2v) is 4.56. The molecule has 0 bridgehead atoms. The van der Waals surface area contributed by atoms with Crippen molar-refractivity contribution in [1.82, 2.24) is 4.98 Å². The number of carbonyl (C=O) groups excluding carboxylic acids is 1. The molecule has 2 rings (SSSR count). The van der Waals surface area contributed by atoms with Gasteiger partial charge in [-0.1, -0.05) is 0 Å². The molecule has 1 aromatic rings. The minimum absolute atomic E-state index is 0.113. The van der Waals surface area contributed by atoms with Gasteiger partial charge in [-0.25, -0.2) is 4.98 Å². The summed E-state index contributed by atoms with van der Waals surface area (Å²) in [6.45, 7) is 2.59. The Kier molecular flexibility index (Phi) is 3.52. The molecular formula is C12H15ClN2O2. The second kappa shape index (κ2) is 4.92. The molecule has 1 aromatic heterocycles. The Bertz CT molecular complexity index is 437. The van der Waals surface area contributed by atoms with Gasteiger partial charge in [0.2, 0.25) is 11.8 Å². The van der Waals surface area contributed by atoms with Crippen molar-refractivity contribution in [1.29, 1.82) is 0 Å². The molecule has 0 aromatic carbocycles. The predicted molar refractivity (Wildman–Crippen MR) is 66.7 cm³/mol. The van der Waals surface area contributed by atoms with Gasteiger partial charge in [0.1, 0.15) is 0 Å². The summed E-state index contributed by atoms with van der Waals surface area (Å²) in [5.74, 6) is 1.47. The molecule has 17 heavy (non-hydrogen) atoms. The summed E-state index contributed by atoms with van der Waals surface area (Å²) < 4.78 is 5.10. The Morgan fingerprint density at radius 2 is 2.41 bits per heavy atom. The zero-order valence-electron chi connectivity index (χ0n) is 9.94. The molecule has 0 spiro atoms. The number of halogens is 1. The quantitative estimate of drug-likeness (QED) is 0.775. The van der Waals surface area contributed by atoms with Gasteiger partial charge in [0.25, 0.3) is 0 Å². The number of hydrogen-bond acceptors (Lipinski definition) is 3. The van der Waals surface area contributed by atoms with Gasteiger partial charge in [-0.05, 0) is 18.9 Å². The van der Waals surface area contributed by atoms with E-state index in [1.807, 2.05) is 13.0 Å². The Balaban J connectivity index is 2.23. The minimum Gasteiger partial charge on any atom is -0.481 e. The lowest BCUT2D eigenvalue weighted by Gasteiger charge is -2.17. The van der Waals surface area contributed by atoms with Crippen molar-refractivity contribution in [3.63, 3.8) is 0 Å². The van der Waals surface area contributed by atoms with E-state index in [1.165, 1.54) is 0 Å². The van der Waals surface area contributed by atoms with Crippen molar-refractivity contribution >= 4 is 23.2 Å². The number of ether oxygens (including phenoxy) is 1. The molecule has 0 N–H and O–H groups in total. The third-order valence-electron chi connectivity index (χ3n) is 2.94. The van der Waals surface area contributed by atoms with Crippen molar-refractivity contribution in [2.45, 2.75) is 13.3 Å². The van der Waals surface area contributed by atoms with Crippen molar-refractivity contribution in [3.8, 4) is 5.88 Å². The number of aryl methyl sites for hydroxylation is 1. The molecule has 0 aliphatic carbocycles. The lowest BCUT2D eigenvalue weighted by molar-refractivity contribution is -0.117. The van der Waals surface area contributed by atoms with Gasteiger partial charge in [0, 0.05) is 24.4 Å². The zero-order chi connectivity index (χ0) is 12.4. The monoisotopic (exact) mass is 254 g/mol. The van der Waals surface area contributed by atoms with Crippen LogP contribution in [-0.2, 0) is 4.79 Å². The highest BCUT2D eigenvalue weighted by atomic mass is 35.5. The van der Waals surface area contributed by atoms with Gasteiger partial charge in [0.05, 0.1) is 19.0 Å². The maximum absolute atomic E-state index is 11.8. The summed E-state index contributed by atoms with van der Waals surface area (Å²) in [4.78, 5) is 17.7. The van der Waals surface area contributed by atoms with Crippen LogP contribution in [0.4, 0.5) is 5.69 Å². The smallest absolute Gasteiger partial charge is 0.227 e. The molecule has 1 unspecified atom stereocenters. The van der Waals surface area contributed by atoms with Gasteiger partial charge < -0.3 is 9.64 Å². The Morgan fingerprint density at radius 1 is 1.65 bits per heavy atom. The fourth-order valence-electron chi connectivity index (χ4n) is 2.04. The SMILES string of the molecule is COc1ncc(N2CC(CCl)CC2=O)cc1C. The third kappa shape index (κ3) is 2.36. The number of pyridine rings is 1. The first kappa shape index (κ1) is 12.2. The lowest BCUT2D eigenvalue weighted by Crippen LogP contribution is -2.24. The average molecular weight is 255 g/mol. The second-order valence-electron chi connectivity index (χ2n) is 4.25. The van der Waals surface area contributed by atoms with Gasteiger partial charge in [0.15, 0.2) is 0 Å². The molecule has 1 aliphatic heterocycles. The normalized spacial score (nSPS) is 19.8. The average Bonchev–Trinajstić information content (AvgIpc) is 2.70. The first-order chi connectivity index (χ1) is 8.15. The molecule has 1 fully saturated rings. The van der Waals surface area contributed by atoms with Gasteiger partial charge in [-0.2, -0.15) is 0 Å². The highest BCUT2D eigenvalue weighted by Crippen LogP contribution is 2.27. The van der Waals surface area contributed by atoms with Gasteiger partial charge >= 0.3 is 0 Å². The number of carbonyl (C=O) groups is 1. The van der Waals surface area contributed by atoms with Crippen LogP contribution in [0.1, 0.15) is 12.0 Å². The number of amides is 1. The highest BCUT2D eigenvalue weighted by Gasteiger charge is 2.30. The maximum Gasteiger partial charge on any atom is 0.227 e. The molecule has 92 valence electrons. The molecular weight excluding hydrogens is 240 g/mol. The molecule has 1 amide bonds. The van der Waals surface area contributed by atoms with Crippen LogP contribution in [0.25, 0.3) is 0 Å². The predicted octanol–water partition coefficient (Wildman–Crippen LogP) is 1.99. The largest absolute Gasteiger partial charge is 0.481 e. The maximum atomic E-state index is 11.8. The molecule has 1 atom stereocenters. The number of nitrogens with zero attached hydrogens (tertiary/aromatic N) is 2. The molecule has 1 saturated heterocycles. The Hall–Kier alpha value is -1.29. The first-order valence-corrected chi connectivity index (χ1v) is 6.06. The summed E-state index contributed by atoms with van der Waals surface area (Å²) in [6, 6.07) is 1.92. The number of methoxy groups -OCH3 is 1. The van der Waals surface area contributed by atoms with Crippen LogP contribution >= 0.6 is 11.6 Å². The Labute approximate surface area is 106 Å². The molecule has 1 aliphatic rings. The molecule has 4 nitrogen and oxygen atoms in total. The summed E-state index contributed by atoms with van der Waals surface area (Å²) in [7, 11) is 1.58. The summed E-state index contributed by atoms with van der Waals surface area (Å²) in [6.07, 6.45) is 2.19. The van der Waals surface area contributed by atoms with E-state index in [1.54, 1.807) is 18.2 Å². The molecule has 0 saturated carbocycles. The fourth-order valence-corrected chi connectivity index (χ4v) is 2.25. The number of anilines is 1. The summed E-state index contributed by atoms with van der Waals surface area (Å²) in [5.41, 5.74) is 1.74. The van der Waals surface area contributed by atoms with Crippen LogP contribution in [0.5, 0.6) is 5.88 Å². The zero-order valence-corrected chi connectivity index (χ0v) is 10.7. The minimum atomic E-state index is 0.113. The fraction of sp³-hybridized carbons (Fsp3) is 0.500. The highest BCUT2D eigenvalue weighted by molar-refractivity contribution is 6.18. The number of alkyl halides is 1. The van der Waals surface area contributed by atoms with E-state index >= 15 is 0 Å². The van der Waals surface area contributed by atoms with Crippen molar-refractivity contribution in [3.05, 3.63) is 17.8 Å². The van der Waals surface area contributed by atoms with Crippen LogP contribution in [-0.4, -0.2) is 30.4 Å². The van der Waals surface area contributed by atoms with Crippen molar-refractivity contribution in [2.75, 3.05) is 24.4 Å². The summed E-state index contributed by atoms with van der Waals surface area (Å²) >= 11 is 5.79. The van der Waals surface area contributed by atoms with E-state index in [9.17, 15) is 4.79 Å². The van der Waals surface area contributed by atoms with Crippen molar-refractivity contribution in [2.24, 2.45) is 5.92 Å². The standard InChI is InChI=1S/C12H15ClN2O2/c1-8-3-10(6-14-12(8)17-2)15-7-9(5-13)4-11(15)16/h3,6,9H,4-5,7H2,1-2H3. The van der Waals surface area contributed by atoms with Gasteiger partial charge in [-0.3, -0.25) is 4.79 Å². The van der Waals surface area contributed by atoms with E-state index in [-0.39, 0.29) is 11.8 Å². The van der Waals surface area contributed by atoms with E-state index in [4.69, 9.17) is 16.3 Å². The molecule has 0 radical (unpaired) electrons. The Morgan fingerprint density at radius 3 is 2.94 bits per heavy atom. The van der Waals surface area contributed by atoms with Crippen LogP contribution < -0.4 is 9.64 Å². The lowest BCUT2D eigenvalue weighted by atomic mass is 10.1.